The number of aromatic nitrogens is 1. The second-order valence-electron chi connectivity index (χ2n) is 7.91. The van der Waals surface area contributed by atoms with Crippen LogP contribution in [0.2, 0.25) is 0 Å². The zero-order valence-corrected chi connectivity index (χ0v) is 21.9. The van der Waals surface area contributed by atoms with Crippen molar-refractivity contribution in [3.63, 3.8) is 0 Å². The van der Waals surface area contributed by atoms with Crippen molar-refractivity contribution in [1.82, 2.24) is 8.87 Å². The van der Waals surface area contributed by atoms with Crippen molar-refractivity contribution in [3.05, 3.63) is 52.8 Å². The van der Waals surface area contributed by atoms with Gasteiger partial charge >= 0.3 is 5.97 Å². The summed E-state index contributed by atoms with van der Waals surface area (Å²) < 4.78 is 62.8. The second-order valence-corrected chi connectivity index (χ2v) is 12.9. The molecule has 0 spiro atoms. The van der Waals surface area contributed by atoms with E-state index in [-0.39, 0.29) is 39.8 Å². The number of rotatable bonds is 6. The minimum atomic E-state index is -3.71. The number of carbonyl (C=O) groups excluding carboxylic acids is 2. The van der Waals surface area contributed by atoms with E-state index < -0.39 is 31.7 Å². The number of sulfone groups is 1. The van der Waals surface area contributed by atoms with E-state index in [0.29, 0.717) is 23.4 Å². The lowest BCUT2D eigenvalue weighted by molar-refractivity contribution is -0.141. The van der Waals surface area contributed by atoms with Crippen LogP contribution in [0.25, 0.3) is 10.2 Å². The molecule has 192 valence electrons. The molecule has 0 unspecified atom stereocenters. The molecule has 4 rings (SSSR count). The van der Waals surface area contributed by atoms with Gasteiger partial charge in [-0.2, -0.15) is 9.30 Å². The Morgan fingerprint density at radius 2 is 1.67 bits per heavy atom. The smallest absolute Gasteiger partial charge is 0.325 e. The molecule has 1 fully saturated rings. The summed E-state index contributed by atoms with van der Waals surface area (Å²) in [5.41, 5.74) is 0.658. The zero-order chi connectivity index (χ0) is 26.1. The van der Waals surface area contributed by atoms with Crippen LogP contribution in [0.1, 0.15) is 10.4 Å². The SMILES string of the molecule is COC(=O)Cn1c(=NC(=O)c2ccc(S(=O)(=O)N3CCOCC3)cc2)sc2cc(S(C)(=O)=O)ccc21. The van der Waals surface area contributed by atoms with Crippen LogP contribution in [0.3, 0.4) is 0 Å². The minimum Gasteiger partial charge on any atom is -0.468 e. The molecule has 11 nitrogen and oxygen atoms in total. The number of fused-ring (bicyclic) bond motifs is 1. The van der Waals surface area contributed by atoms with Crippen LogP contribution in [-0.4, -0.2) is 77.3 Å². The normalized spacial score (nSPS) is 15.8. The van der Waals surface area contributed by atoms with E-state index in [0.717, 1.165) is 17.6 Å². The van der Waals surface area contributed by atoms with E-state index in [4.69, 9.17) is 9.47 Å². The lowest BCUT2D eigenvalue weighted by Crippen LogP contribution is -2.40. The first-order chi connectivity index (χ1) is 17.0. The Balaban J connectivity index is 1.71. The summed E-state index contributed by atoms with van der Waals surface area (Å²) in [6.45, 7) is 0.914. The summed E-state index contributed by atoms with van der Waals surface area (Å²) in [5.74, 6) is -1.23. The molecular formula is C22H23N3O8S3. The summed E-state index contributed by atoms with van der Waals surface area (Å²) >= 11 is 1.04. The predicted octanol–water partition coefficient (Wildman–Crippen LogP) is 1.04. The van der Waals surface area contributed by atoms with Crippen LogP contribution in [0.5, 0.6) is 0 Å². The molecule has 1 saturated heterocycles. The fourth-order valence-corrected chi connectivity index (χ4v) is 6.77. The monoisotopic (exact) mass is 553 g/mol. The fourth-order valence-electron chi connectivity index (χ4n) is 3.57. The van der Waals surface area contributed by atoms with E-state index in [9.17, 15) is 26.4 Å². The number of nitrogens with zero attached hydrogens (tertiary/aromatic N) is 3. The van der Waals surface area contributed by atoms with Gasteiger partial charge in [-0.1, -0.05) is 11.3 Å². The fraction of sp³-hybridized carbons (Fsp3) is 0.318. The molecular weight excluding hydrogens is 530 g/mol. The quantitative estimate of drug-likeness (QED) is 0.412. The maximum atomic E-state index is 12.9. The van der Waals surface area contributed by atoms with Crippen molar-refractivity contribution >= 4 is 53.3 Å². The topological polar surface area (TPSA) is 141 Å². The van der Waals surface area contributed by atoms with Gasteiger partial charge in [0, 0.05) is 24.9 Å². The standard InChI is InChI=1S/C22H23N3O8S3/c1-32-20(26)14-25-18-8-7-17(35(2,28)29)13-19(18)34-22(25)23-21(27)15-3-5-16(6-4-15)36(30,31)24-9-11-33-12-10-24/h3-8,13H,9-12,14H2,1-2H3. The average molecular weight is 554 g/mol. The number of methoxy groups -OCH3 is 1. The number of hydrogen-bond acceptors (Lipinski definition) is 9. The van der Waals surface area contributed by atoms with E-state index in [1.54, 1.807) is 6.07 Å². The Kier molecular flexibility index (Phi) is 7.43. The van der Waals surface area contributed by atoms with Gasteiger partial charge in [0.15, 0.2) is 14.6 Å². The van der Waals surface area contributed by atoms with Gasteiger partial charge in [-0.3, -0.25) is 9.59 Å². The third-order valence-electron chi connectivity index (χ3n) is 5.50. The van der Waals surface area contributed by atoms with Gasteiger partial charge in [0.25, 0.3) is 5.91 Å². The van der Waals surface area contributed by atoms with E-state index in [1.165, 1.54) is 52.4 Å². The van der Waals surface area contributed by atoms with Gasteiger partial charge in [0.05, 0.1) is 40.3 Å². The molecule has 1 amide bonds. The Morgan fingerprint density at radius 3 is 2.28 bits per heavy atom. The van der Waals surface area contributed by atoms with E-state index in [1.807, 2.05) is 0 Å². The number of thiazole rings is 1. The summed E-state index contributed by atoms with van der Waals surface area (Å²) in [4.78, 5) is 29.4. The van der Waals surface area contributed by atoms with Gasteiger partial charge in [0.2, 0.25) is 10.0 Å². The molecule has 1 aliphatic rings. The first-order valence-corrected chi connectivity index (χ1v) is 14.8. The average Bonchev–Trinajstić information content (AvgIpc) is 3.19. The lowest BCUT2D eigenvalue weighted by atomic mass is 10.2. The van der Waals surface area contributed by atoms with Gasteiger partial charge < -0.3 is 14.0 Å². The summed E-state index contributed by atoms with van der Waals surface area (Å²) in [6, 6.07) is 9.85. The predicted molar refractivity (Wildman–Crippen MR) is 131 cm³/mol. The Morgan fingerprint density at radius 1 is 1.03 bits per heavy atom. The highest BCUT2D eigenvalue weighted by Crippen LogP contribution is 2.22. The second kappa shape index (κ2) is 10.2. The van der Waals surface area contributed by atoms with E-state index in [2.05, 4.69) is 4.99 Å². The zero-order valence-electron chi connectivity index (χ0n) is 19.4. The molecule has 1 aromatic heterocycles. The molecule has 36 heavy (non-hydrogen) atoms. The van der Waals surface area contributed by atoms with Crippen LogP contribution < -0.4 is 4.80 Å². The number of esters is 1. The van der Waals surface area contributed by atoms with Gasteiger partial charge in [-0.05, 0) is 42.5 Å². The number of morpholine rings is 1. The summed E-state index contributed by atoms with van der Waals surface area (Å²) in [7, 11) is -5.95. The molecule has 0 N–H and O–H groups in total. The number of hydrogen-bond donors (Lipinski definition) is 0. The lowest BCUT2D eigenvalue weighted by Gasteiger charge is -2.26. The maximum Gasteiger partial charge on any atom is 0.325 e. The van der Waals surface area contributed by atoms with Crippen molar-refractivity contribution in [2.24, 2.45) is 4.99 Å². The number of sulfonamides is 1. The highest BCUT2D eigenvalue weighted by Gasteiger charge is 2.26. The van der Waals surface area contributed by atoms with Gasteiger partial charge in [-0.25, -0.2) is 16.8 Å². The van der Waals surface area contributed by atoms with Gasteiger partial charge in [-0.15, -0.1) is 0 Å². The number of ether oxygens (including phenoxy) is 2. The molecule has 0 bridgehead atoms. The summed E-state index contributed by atoms with van der Waals surface area (Å²) in [5, 5.41) is 0. The Labute approximate surface area is 211 Å². The highest BCUT2D eigenvalue weighted by atomic mass is 32.2. The number of amides is 1. The third kappa shape index (κ3) is 5.42. The van der Waals surface area contributed by atoms with Crippen LogP contribution in [0.4, 0.5) is 0 Å². The van der Waals surface area contributed by atoms with Gasteiger partial charge in [0.1, 0.15) is 6.54 Å². The van der Waals surface area contributed by atoms with Crippen molar-refractivity contribution in [2.45, 2.75) is 16.3 Å². The van der Waals surface area contributed by atoms with Crippen LogP contribution >= 0.6 is 11.3 Å². The first-order valence-electron chi connectivity index (χ1n) is 10.7. The number of carbonyl (C=O) groups is 2. The molecule has 0 saturated carbocycles. The van der Waals surface area contributed by atoms with Crippen LogP contribution in [0.15, 0.2) is 57.2 Å². The Hall–Kier alpha value is -2.91. The molecule has 14 heteroatoms. The first kappa shape index (κ1) is 26.2. The molecule has 0 atom stereocenters. The van der Waals surface area contributed by atoms with Crippen LogP contribution in [0, 0.1) is 0 Å². The van der Waals surface area contributed by atoms with E-state index >= 15 is 0 Å². The molecule has 3 aromatic rings. The maximum absolute atomic E-state index is 12.9. The Bertz CT molecular complexity index is 1600. The molecule has 0 radical (unpaired) electrons. The minimum absolute atomic E-state index is 0.0527. The molecule has 2 heterocycles. The largest absolute Gasteiger partial charge is 0.468 e. The summed E-state index contributed by atoms with van der Waals surface area (Å²) in [6.07, 6.45) is 1.09. The number of benzene rings is 2. The molecule has 0 aliphatic carbocycles. The molecule has 1 aliphatic heterocycles. The van der Waals surface area contributed by atoms with Crippen molar-refractivity contribution in [3.8, 4) is 0 Å². The van der Waals surface area contributed by atoms with Crippen molar-refractivity contribution in [1.29, 1.82) is 0 Å². The van der Waals surface area contributed by atoms with Crippen molar-refractivity contribution < 1.29 is 35.9 Å². The highest BCUT2D eigenvalue weighted by molar-refractivity contribution is 7.90. The van der Waals surface area contributed by atoms with Crippen molar-refractivity contribution in [2.75, 3.05) is 39.7 Å². The third-order valence-corrected chi connectivity index (χ3v) is 9.57. The molecule has 2 aromatic carbocycles. The van der Waals surface area contributed by atoms with Crippen LogP contribution in [-0.2, 0) is 40.7 Å².